The highest BCUT2D eigenvalue weighted by Crippen LogP contribution is 2.42. The van der Waals surface area contributed by atoms with Crippen molar-refractivity contribution >= 4 is 5.69 Å². The summed E-state index contributed by atoms with van der Waals surface area (Å²) in [6, 6.07) is 12.8. The number of anilines is 1. The molecule has 0 bridgehead atoms. The summed E-state index contributed by atoms with van der Waals surface area (Å²) < 4.78 is 5.59. The molecule has 20 heavy (non-hydrogen) atoms. The third kappa shape index (κ3) is 1.92. The molecule has 2 nitrogen and oxygen atoms in total. The van der Waals surface area contributed by atoms with Crippen LogP contribution in [0.5, 0.6) is 0 Å². The number of nitrogens with two attached hydrogens (primary N) is 1. The third-order valence-electron chi connectivity index (χ3n) is 4.32. The predicted octanol–water partition coefficient (Wildman–Crippen LogP) is 3.51. The van der Waals surface area contributed by atoms with Gasteiger partial charge < -0.3 is 10.5 Å². The zero-order valence-corrected chi connectivity index (χ0v) is 12.4. The van der Waals surface area contributed by atoms with Crippen molar-refractivity contribution in [2.75, 3.05) is 18.9 Å². The maximum Gasteiger partial charge on any atom is 0.0674 e. The average molecular weight is 267 g/mol. The van der Waals surface area contributed by atoms with Crippen LogP contribution in [-0.2, 0) is 10.2 Å². The van der Waals surface area contributed by atoms with Crippen molar-refractivity contribution in [3.05, 3.63) is 64.2 Å². The van der Waals surface area contributed by atoms with Crippen molar-refractivity contribution in [1.82, 2.24) is 0 Å². The highest BCUT2D eigenvalue weighted by Gasteiger charge is 2.43. The van der Waals surface area contributed by atoms with Crippen molar-refractivity contribution in [2.24, 2.45) is 0 Å². The standard InChI is InChI=1S/C18H21NO/c1-12-8-13(2)17(14(3)9-12)18(10-20-11-18)15-4-6-16(19)7-5-15/h4-9H,10-11,19H2,1-3H3. The molecule has 2 heteroatoms. The second kappa shape index (κ2) is 4.64. The maximum absolute atomic E-state index is 5.82. The van der Waals surface area contributed by atoms with Gasteiger partial charge in [-0.25, -0.2) is 0 Å². The fourth-order valence-electron chi connectivity index (χ4n) is 3.50. The van der Waals surface area contributed by atoms with E-state index in [9.17, 15) is 0 Å². The van der Waals surface area contributed by atoms with E-state index in [0.29, 0.717) is 0 Å². The largest absolute Gasteiger partial charge is 0.399 e. The zero-order valence-electron chi connectivity index (χ0n) is 12.4. The van der Waals surface area contributed by atoms with E-state index in [4.69, 9.17) is 10.5 Å². The second-order valence-corrected chi connectivity index (χ2v) is 5.97. The van der Waals surface area contributed by atoms with Gasteiger partial charge in [-0.1, -0.05) is 29.8 Å². The molecule has 1 heterocycles. The van der Waals surface area contributed by atoms with E-state index >= 15 is 0 Å². The van der Waals surface area contributed by atoms with E-state index in [-0.39, 0.29) is 5.41 Å². The van der Waals surface area contributed by atoms with Crippen molar-refractivity contribution in [3.8, 4) is 0 Å². The number of aryl methyl sites for hydroxylation is 3. The first-order valence-electron chi connectivity index (χ1n) is 7.05. The van der Waals surface area contributed by atoms with Crippen LogP contribution in [0.3, 0.4) is 0 Å². The fraction of sp³-hybridized carbons (Fsp3) is 0.333. The van der Waals surface area contributed by atoms with Crippen LogP contribution in [0, 0.1) is 20.8 Å². The Labute approximate surface area is 120 Å². The Bertz CT molecular complexity index is 616. The maximum atomic E-state index is 5.82. The molecule has 0 spiro atoms. The van der Waals surface area contributed by atoms with Gasteiger partial charge in [-0.05, 0) is 55.2 Å². The van der Waals surface area contributed by atoms with Crippen molar-refractivity contribution < 1.29 is 4.74 Å². The van der Waals surface area contributed by atoms with Gasteiger partial charge in [-0.15, -0.1) is 0 Å². The van der Waals surface area contributed by atoms with E-state index in [1.807, 2.05) is 12.1 Å². The summed E-state index contributed by atoms with van der Waals surface area (Å²) in [6.45, 7) is 8.06. The SMILES string of the molecule is Cc1cc(C)c(C2(c3ccc(N)cc3)COC2)c(C)c1. The highest BCUT2D eigenvalue weighted by atomic mass is 16.5. The predicted molar refractivity (Wildman–Crippen MR) is 83.1 cm³/mol. The van der Waals surface area contributed by atoms with Crippen LogP contribution in [0.15, 0.2) is 36.4 Å². The molecule has 1 fully saturated rings. The molecule has 2 aromatic rings. The van der Waals surface area contributed by atoms with E-state index < -0.39 is 0 Å². The molecule has 1 aliphatic rings. The van der Waals surface area contributed by atoms with Gasteiger partial charge in [0.05, 0.1) is 18.6 Å². The van der Waals surface area contributed by atoms with Gasteiger partial charge in [0.1, 0.15) is 0 Å². The third-order valence-corrected chi connectivity index (χ3v) is 4.32. The molecule has 2 N–H and O–H groups in total. The summed E-state index contributed by atoms with van der Waals surface area (Å²) in [6.07, 6.45) is 0. The van der Waals surface area contributed by atoms with Gasteiger partial charge in [-0.3, -0.25) is 0 Å². The molecule has 0 unspecified atom stereocenters. The fourth-order valence-corrected chi connectivity index (χ4v) is 3.50. The molecule has 1 aliphatic heterocycles. The first-order valence-corrected chi connectivity index (χ1v) is 7.05. The minimum atomic E-state index is -0.00440. The first kappa shape index (κ1) is 13.2. The molecule has 3 rings (SSSR count). The van der Waals surface area contributed by atoms with E-state index in [2.05, 4.69) is 45.0 Å². The smallest absolute Gasteiger partial charge is 0.0674 e. The van der Waals surface area contributed by atoms with E-state index in [1.54, 1.807) is 0 Å². The van der Waals surface area contributed by atoms with Gasteiger partial charge in [0, 0.05) is 5.69 Å². The molecule has 0 saturated carbocycles. The van der Waals surface area contributed by atoms with Crippen LogP contribution >= 0.6 is 0 Å². The van der Waals surface area contributed by atoms with Crippen LogP contribution in [0.25, 0.3) is 0 Å². The summed E-state index contributed by atoms with van der Waals surface area (Å²) in [5, 5.41) is 0. The summed E-state index contributed by atoms with van der Waals surface area (Å²) in [5.74, 6) is 0. The molecule has 104 valence electrons. The van der Waals surface area contributed by atoms with Crippen LogP contribution in [-0.4, -0.2) is 13.2 Å². The average Bonchev–Trinajstić information content (AvgIpc) is 2.32. The van der Waals surface area contributed by atoms with Gasteiger partial charge in [0.2, 0.25) is 0 Å². The van der Waals surface area contributed by atoms with Gasteiger partial charge >= 0.3 is 0 Å². The van der Waals surface area contributed by atoms with Gasteiger partial charge in [0.25, 0.3) is 0 Å². The zero-order chi connectivity index (χ0) is 14.3. The Morgan fingerprint density at radius 3 is 1.95 bits per heavy atom. The Morgan fingerprint density at radius 1 is 0.950 bits per heavy atom. The Hall–Kier alpha value is -1.80. The Kier molecular flexibility index (Phi) is 3.06. The normalized spacial score (nSPS) is 16.8. The number of ether oxygens (including phenoxy) is 1. The minimum Gasteiger partial charge on any atom is -0.399 e. The number of benzene rings is 2. The monoisotopic (exact) mass is 267 g/mol. The number of hydrogen-bond acceptors (Lipinski definition) is 2. The van der Waals surface area contributed by atoms with Crippen LogP contribution in [0.1, 0.15) is 27.8 Å². The molecule has 0 aliphatic carbocycles. The lowest BCUT2D eigenvalue weighted by atomic mass is 9.69. The van der Waals surface area contributed by atoms with Gasteiger partial charge in [0.15, 0.2) is 0 Å². The van der Waals surface area contributed by atoms with Crippen LogP contribution in [0.4, 0.5) is 5.69 Å². The molecule has 0 atom stereocenters. The summed E-state index contributed by atoms with van der Waals surface area (Å²) in [7, 11) is 0. The molecular weight excluding hydrogens is 246 g/mol. The number of nitrogen functional groups attached to an aromatic ring is 1. The minimum absolute atomic E-state index is 0.00440. The summed E-state index contributed by atoms with van der Waals surface area (Å²) in [5.41, 5.74) is 13.3. The van der Waals surface area contributed by atoms with Crippen LogP contribution in [0.2, 0.25) is 0 Å². The lowest BCUT2D eigenvalue weighted by Crippen LogP contribution is -2.48. The van der Waals surface area contributed by atoms with Crippen molar-refractivity contribution in [3.63, 3.8) is 0 Å². The summed E-state index contributed by atoms with van der Waals surface area (Å²) in [4.78, 5) is 0. The summed E-state index contributed by atoms with van der Waals surface area (Å²) >= 11 is 0. The molecule has 0 radical (unpaired) electrons. The molecule has 0 amide bonds. The molecule has 2 aromatic carbocycles. The quantitative estimate of drug-likeness (QED) is 0.845. The van der Waals surface area contributed by atoms with Crippen LogP contribution < -0.4 is 5.73 Å². The van der Waals surface area contributed by atoms with Crippen molar-refractivity contribution in [1.29, 1.82) is 0 Å². The Balaban J connectivity index is 2.17. The second-order valence-electron chi connectivity index (χ2n) is 5.97. The van der Waals surface area contributed by atoms with Gasteiger partial charge in [-0.2, -0.15) is 0 Å². The number of hydrogen-bond donors (Lipinski definition) is 1. The number of rotatable bonds is 2. The Morgan fingerprint density at radius 2 is 1.50 bits per heavy atom. The van der Waals surface area contributed by atoms with Crippen molar-refractivity contribution in [2.45, 2.75) is 26.2 Å². The lowest BCUT2D eigenvalue weighted by molar-refractivity contribution is -0.0385. The lowest BCUT2D eigenvalue weighted by Gasteiger charge is -2.44. The van der Waals surface area contributed by atoms with E-state index in [0.717, 1.165) is 18.9 Å². The topological polar surface area (TPSA) is 35.2 Å². The molecule has 1 saturated heterocycles. The van der Waals surface area contributed by atoms with E-state index in [1.165, 1.54) is 27.8 Å². The first-order chi connectivity index (χ1) is 9.53. The molecular formula is C18H21NO. The molecule has 0 aromatic heterocycles. The highest BCUT2D eigenvalue weighted by molar-refractivity contribution is 5.52.